The number of hydrogen-bond acceptors (Lipinski definition) is 0. The summed E-state index contributed by atoms with van der Waals surface area (Å²) in [5.41, 5.74) is 0. The number of hydrogen-bond donors (Lipinski definition) is 0. The lowest BCUT2D eigenvalue weighted by atomic mass is 10.4. The summed E-state index contributed by atoms with van der Waals surface area (Å²) in [6.45, 7) is 2.19. The second kappa shape index (κ2) is 5.61. The second-order valence-corrected chi connectivity index (χ2v) is 8.32. The molecule has 3 aromatic carbocycles. The molecule has 0 fully saturated rings. The highest BCUT2D eigenvalue weighted by molar-refractivity contribution is 7.95. The fraction of sp³-hybridized carbons (Fsp3) is 0.0526. The van der Waals surface area contributed by atoms with Crippen LogP contribution < -0.4 is 15.9 Å². The maximum Gasteiger partial charge on any atom is 0.109 e. The van der Waals surface area contributed by atoms with Crippen molar-refractivity contribution in [3.05, 3.63) is 90.9 Å². The fourth-order valence-corrected chi connectivity index (χ4v) is 5.49. The Balaban J connectivity index is 2.32. The van der Waals surface area contributed by atoms with Crippen molar-refractivity contribution in [2.24, 2.45) is 0 Å². The van der Waals surface area contributed by atoms with Gasteiger partial charge in [-0.25, -0.2) is 0 Å². The van der Waals surface area contributed by atoms with E-state index < -0.39 is 7.26 Å². The highest BCUT2D eigenvalue weighted by Gasteiger charge is 2.39. The summed E-state index contributed by atoms with van der Waals surface area (Å²) in [5, 5.41) is 3.21. The van der Waals surface area contributed by atoms with Gasteiger partial charge in [-0.3, -0.25) is 0 Å². The molecule has 0 spiro atoms. The van der Waals surface area contributed by atoms with E-state index in [1.54, 1.807) is 6.07 Å². The van der Waals surface area contributed by atoms with Gasteiger partial charge in [0.1, 0.15) is 23.2 Å². The van der Waals surface area contributed by atoms with Gasteiger partial charge >= 0.3 is 0 Å². The Labute approximate surface area is 125 Å². The summed E-state index contributed by atoms with van der Waals surface area (Å²) in [7, 11) is -2.00. The third-order valence-electron chi connectivity index (χ3n) is 3.61. The van der Waals surface area contributed by atoms with E-state index in [0.717, 1.165) is 5.30 Å². The van der Waals surface area contributed by atoms with Crippen molar-refractivity contribution in [3.63, 3.8) is 0 Å². The minimum Gasteiger partial charge on any atom is -0.0620 e. The molecule has 3 aromatic rings. The quantitative estimate of drug-likeness (QED) is 0.643. The van der Waals surface area contributed by atoms with Crippen molar-refractivity contribution in [3.8, 4) is 0 Å². The molecule has 0 heterocycles. The lowest BCUT2D eigenvalue weighted by molar-refractivity contribution is 1.72. The molecule has 0 saturated carbocycles. The van der Waals surface area contributed by atoms with Crippen LogP contribution in [0.15, 0.2) is 90.9 Å². The van der Waals surface area contributed by atoms with Crippen LogP contribution in [-0.4, -0.2) is 6.66 Å². The van der Waals surface area contributed by atoms with Gasteiger partial charge in [-0.2, -0.15) is 0 Å². The normalized spacial score (nSPS) is 13.3. The van der Waals surface area contributed by atoms with E-state index in [9.17, 15) is 0 Å². The van der Waals surface area contributed by atoms with Gasteiger partial charge in [-0.1, -0.05) is 54.5 Å². The minimum atomic E-state index is -2.00. The minimum absolute atomic E-state index is 0.000544. The van der Waals surface area contributed by atoms with E-state index in [0.29, 0.717) is 0 Å². The first-order chi connectivity index (χ1) is 11.0. The first kappa shape index (κ1) is 9.91. The van der Waals surface area contributed by atoms with Crippen LogP contribution in [0.1, 0.15) is 4.11 Å². The molecule has 3 rings (SSSR count). The molecule has 0 radical (unpaired) electrons. The van der Waals surface area contributed by atoms with Gasteiger partial charge in [-0.15, -0.1) is 0 Å². The van der Waals surface area contributed by atoms with E-state index in [2.05, 4.69) is 30.9 Å². The maximum atomic E-state index is 8.41. The molecule has 20 heavy (non-hydrogen) atoms. The first-order valence-corrected chi connectivity index (χ1v) is 8.84. The zero-order valence-electron chi connectivity index (χ0n) is 14.4. The summed E-state index contributed by atoms with van der Waals surface area (Å²) in [6, 6.07) is 24.2. The van der Waals surface area contributed by atoms with Crippen LogP contribution in [-0.2, 0) is 0 Å². The predicted molar refractivity (Wildman–Crippen MR) is 91.1 cm³/mol. The standard InChI is InChI=1S/C19H18P/c1-20(17-11-5-2-6-12-17,18-13-7-3-8-14-18)19-15-9-4-10-16-19/h2-16H,1H3/q+1/i2D,5D,11D. The van der Waals surface area contributed by atoms with E-state index in [-0.39, 0.29) is 18.1 Å². The van der Waals surface area contributed by atoms with Crippen molar-refractivity contribution in [1.82, 2.24) is 0 Å². The molecule has 0 amide bonds. The smallest absolute Gasteiger partial charge is 0.0620 e. The first-order valence-electron chi connectivity index (χ1n) is 8.10. The van der Waals surface area contributed by atoms with Crippen LogP contribution in [0.4, 0.5) is 0 Å². The second-order valence-electron chi connectivity index (χ2n) is 4.79. The Kier molecular flexibility index (Phi) is 2.78. The predicted octanol–water partition coefficient (Wildman–Crippen LogP) is 3.61. The molecule has 0 atom stereocenters. The lowest BCUT2D eigenvalue weighted by Gasteiger charge is -2.22. The molecule has 0 aliphatic heterocycles. The molecule has 0 bridgehead atoms. The molecule has 0 N–H and O–H groups in total. The Morgan fingerprint density at radius 2 is 1.15 bits per heavy atom. The van der Waals surface area contributed by atoms with Crippen molar-refractivity contribution < 1.29 is 4.11 Å². The Hall–Kier alpha value is -1.91. The van der Waals surface area contributed by atoms with Gasteiger partial charge in [0, 0.05) is 0 Å². The van der Waals surface area contributed by atoms with Crippen LogP contribution in [0.25, 0.3) is 0 Å². The van der Waals surface area contributed by atoms with Crippen molar-refractivity contribution in [2.75, 3.05) is 6.66 Å². The van der Waals surface area contributed by atoms with Gasteiger partial charge in [0.15, 0.2) is 0 Å². The largest absolute Gasteiger partial charge is 0.109 e. The fourth-order valence-electron chi connectivity index (χ4n) is 2.44. The van der Waals surface area contributed by atoms with Crippen molar-refractivity contribution >= 4 is 23.2 Å². The molecule has 0 nitrogen and oxygen atoms in total. The molecule has 0 aliphatic rings. The van der Waals surface area contributed by atoms with E-state index in [1.165, 1.54) is 10.6 Å². The monoisotopic (exact) mass is 280 g/mol. The third-order valence-corrected chi connectivity index (χ3v) is 7.50. The highest BCUT2D eigenvalue weighted by atomic mass is 31.2. The van der Waals surface area contributed by atoms with Crippen LogP contribution >= 0.6 is 7.26 Å². The van der Waals surface area contributed by atoms with Gasteiger partial charge in [-0.05, 0) is 36.4 Å². The number of rotatable bonds is 3. The van der Waals surface area contributed by atoms with Gasteiger partial charge in [0.05, 0.1) is 10.8 Å². The van der Waals surface area contributed by atoms with Crippen molar-refractivity contribution in [1.29, 1.82) is 0 Å². The molecular weight excluding hydrogens is 259 g/mol. The average molecular weight is 280 g/mol. The maximum absolute atomic E-state index is 8.41. The van der Waals surface area contributed by atoms with Crippen LogP contribution in [0.5, 0.6) is 0 Å². The Bertz CT molecular complexity index is 777. The zero-order chi connectivity index (χ0) is 16.4. The number of benzene rings is 3. The van der Waals surface area contributed by atoms with E-state index in [4.69, 9.17) is 4.11 Å². The van der Waals surface area contributed by atoms with Gasteiger partial charge in [0.25, 0.3) is 0 Å². The SMILES string of the molecule is [2H]c1ccc([P+](C)(c2ccccc2)c2ccccc2)c([2H])c1[2H]. The summed E-state index contributed by atoms with van der Waals surface area (Å²) in [5.74, 6) is 0. The topological polar surface area (TPSA) is 0 Å². The Morgan fingerprint density at radius 1 is 0.650 bits per heavy atom. The van der Waals surface area contributed by atoms with E-state index >= 15 is 0 Å². The van der Waals surface area contributed by atoms with Crippen molar-refractivity contribution in [2.45, 2.75) is 0 Å². The summed E-state index contributed by atoms with van der Waals surface area (Å²) in [6.07, 6.45) is 0. The highest BCUT2D eigenvalue weighted by Crippen LogP contribution is 2.51. The molecule has 1 heteroatoms. The van der Waals surface area contributed by atoms with Crippen LogP contribution in [0.2, 0.25) is 0 Å². The average Bonchev–Trinajstić information content (AvgIpc) is 2.61. The lowest BCUT2D eigenvalue weighted by Crippen LogP contribution is -2.30. The van der Waals surface area contributed by atoms with Gasteiger partial charge in [0.2, 0.25) is 0 Å². The molecule has 0 saturated heterocycles. The summed E-state index contributed by atoms with van der Waals surface area (Å²) < 4.78 is 24.2. The molecular formula is C19H18P+. The molecule has 98 valence electrons. The van der Waals surface area contributed by atoms with Crippen LogP contribution in [0, 0.1) is 0 Å². The third kappa shape index (κ3) is 2.28. The molecule has 0 aliphatic carbocycles. The van der Waals surface area contributed by atoms with Gasteiger partial charge < -0.3 is 0 Å². The van der Waals surface area contributed by atoms with Crippen LogP contribution in [0.3, 0.4) is 0 Å². The summed E-state index contributed by atoms with van der Waals surface area (Å²) in [4.78, 5) is 0. The molecule has 0 aromatic heterocycles. The molecule has 0 unspecified atom stereocenters. The zero-order valence-corrected chi connectivity index (χ0v) is 12.3. The van der Waals surface area contributed by atoms with E-state index in [1.807, 2.05) is 42.5 Å². The summed E-state index contributed by atoms with van der Waals surface area (Å²) >= 11 is 0. The Morgan fingerprint density at radius 3 is 1.70 bits per heavy atom.